The number of hydrogen-bond acceptors (Lipinski definition) is 5. The topological polar surface area (TPSA) is 101 Å². The third kappa shape index (κ3) is 1.76. The summed E-state index contributed by atoms with van der Waals surface area (Å²) in [6.07, 6.45) is 2.59. The maximum Gasteiger partial charge on any atom is 0.312 e. The lowest BCUT2D eigenvalue weighted by Crippen LogP contribution is -2.54. The summed E-state index contributed by atoms with van der Waals surface area (Å²) in [5.74, 6) is -0.959. The SMILES string of the molecule is O=C(O)[C@]12CCC[C@](CO)(C1)OC21CCS(=O)(=O)CC1. The Morgan fingerprint density at radius 2 is 1.80 bits per heavy atom. The second-order valence-electron chi connectivity index (χ2n) is 6.51. The largest absolute Gasteiger partial charge is 0.481 e. The summed E-state index contributed by atoms with van der Waals surface area (Å²) >= 11 is 0. The first-order valence-corrected chi connectivity index (χ1v) is 8.86. The van der Waals surface area contributed by atoms with Gasteiger partial charge >= 0.3 is 5.97 Å². The molecule has 6 nitrogen and oxygen atoms in total. The highest BCUT2D eigenvalue weighted by molar-refractivity contribution is 7.91. The average Bonchev–Trinajstić information content (AvgIpc) is 2.60. The van der Waals surface area contributed by atoms with Gasteiger partial charge < -0.3 is 14.9 Å². The number of sulfone groups is 1. The van der Waals surface area contributed by atoms with Crippen molar-refractivity contribution in [2.24, 2.45) is 5.41 Å². The highest BCUT2D eigenvalue weighted by Gasteiger charge is 2.70. The molecule has 2 bridgehead atoms. The van der Waals surface area contributed by atoms with E-state index < -0.39 is 32.4 Å². The van der Waals surface area contributed by atoms with Crippen molar-refractivity contribution in [1.82, 2.24) is 0 Å². The number of fused-ring (bicyclic) bond motifs is 3. The van der Waals surface area contributed by atoms with E-state index in [1.807, 2.05) is 0 Å². The number of hydrogen-bond donors (Lipinski definition) is 2. The predicted octanol–water partition coefficient (Wildman–Crippen LogP) is 0.340. The van der Waals surface area contributed by atoms with Crippen molar-refractivity contribution in [2.75, 3.05) is 18.1 Å². The summed E-state index contributed by atoms with van der Waals surface area (Å²) in [5.41, 5.74) is -2.76. The molecule has 7 heteroatoms. The lowest BCUT2D eigenvalue weighted by Gasteiger charge is -2.43. The van der Waals surface area contributed by atoms with Crippen LogP contribution in [-0.4, -0.2) is 53.9 Å². The van der Waals surface area contributed by atoms with E-state index in [-0.39, 0.29) is 31.0 Å². The van der Waals surface area contributed by atoms with E-state index in [2.05, 4.69) is 0 Å². The van der Waals surface area contributed by atoms with Crippen LogP contribution < -0.4 is 0 Å². The lowest BCUT2D eigenvalue weighted by atomic mass is 9.61. The average molecular weight is 304 g/mol. The lowest BCUT2D eigenvalue weighted by molar-refractivity contribution is -0.169. The minimum absolute atomic E-state index is 0.0243. The van der Waals surface area contributed by atoms with Gasteiger partial charge in [0, 0.05) is 0 Å². The molecule has 2 heterocycles. The molecule has 2 N–H and O–H groups in total. The molecular weight excluding hydrogens is 284 g/mol. The van der Waals surface area contributed by atoms with Crippen LogP contribution in [0.15, 0.2) is 0 Å². The molecule has 0 radical (unpaired) electrons. The fourth-order valence-electron chi connectivity index (χ4n) is 4.42. The minimum Gasteiger partial charge on any atom is -0.481 e. The molecule has 1 aliphatic carbocycles. The van der Waals surface area contributed by atoms with Crippen LogP contribution in [0.4, 0.5) is 0 Å². The Morgan fingerprint density at radius 3 is 2.35 bits per heavy atom. The number of carbonyl (C=O) groups is 1. The van der Waals surface area contributed by atoms with Gasteiger partial charge in [-0.25, -0.2) is 8.42 Å². The maximum atomic E-state index is 11.9. The Kier molecular flexibility index (Phi) is 2.98. The second kappa shape index (κ2) is 4.18. The molecule has 3 rings (SSSR count). The van der Waals surface area contributed by atoms with Crippen LogP contribution >= 0.6 is 0 Å². The van der Waals surface area contributed by atoms with Gasteiger partial charge in [0.05, 0.1) is 34.7 Å². The van der Waals surface area contributed by atoms with Crippen molar-refractivity contribution in [2.45, 2.75) is 49.7 Å². The highest BCUT2D eigenvalue weighted by Crippen LogP contribution is 2.62. The van der Waals surface area contributed by atoms with Crippen molar-refractivity contribution < 1.29 is 28.2 Å². The standard InChI is InChI=1S/C13H20O6S/c14-9-11-2-1-3-12(8-11,10(15)16)13(19-11)4-6-20(17,18)7-5-13/h14H,1-9H2,(H,15,16)/t11-,12+/m1/s1. The van der Waals surface area contributed by atoms with Crippen LogP contribution in [0.25, 0.3) is 0 Å². The number of aliphatic hydroxyl groups is 1. The van der Waals surface area contributed by atoms with Gasteiger partial charge in [0.1, 0.15) is 0 Å². The molecule has 0 aromatic carbocycles. The fraction of sp³-hybridized carbons (Fsp3) is 0.923. The number of carboxylic acid groups (broad SMARTS) is 1. The second-order valence-corrected chi connectivity index (χ2v) is 8.81. The number of ether oxygens (including phenoxy) is 1. The molecule has 0 amide bonds. The van der Waals surface area contributed by atoms with Gasteiger partial charge in [-0.2, -0.15) is 0 Å². The Bertz CT molecular complexity index is 527. The zero-order chi connectivity index (χ0) is 14.6. The summed E-state index contributed by atoms with van der Waals surface area (Å²) in [7, 11) is -3.09. The van der Waals surface area contributed by atoms with Gasteiger partial charge in [0.2, 0.25) is 0 Å². The van der Waals surface area contributed by atoms with Crippen molar-refractivity contribution >= 4 is 15.8 Å². The third-order valence-corrected chi connectivity index (χ3v) is 7.13. The first-order chi connectivity index (χ1) is 9.29. The summed E-state index contributed by atoms with van der Waals surface area (Å²) in [5, 5.41) is 19.4. The quantitative estimate of drug-likeness (QED) is 0.763. The molecule has 2 saturated heterocycles. The molecular formula is C13H20O6S. The normalized spacial score (nSPS) is 41.6. The molecule has 1 spiro atoms. The molecule has 2 aliphatic heterocycles. The summed E-state index contributed by atoms with van der Waals surface area (Å²) in [4.78, 5) is 11.9. The van der Waals surface area contributed by atoms with Gasteiger partial charge in [-0.1, -0.05) is 0 Å². The molecule has 0 aromatic rings. The Balaban J connectivity index is 2.03. The van der Waals surface area contributed by atoms with E-state index in [1.54, 1.807) is 0 Å². The summed E-state index contributed by atoms with van der Waals surface area (Å²) in [6.45, 7) is -0.198. The zero-order valence-electron chi connectivity index (χ0n) is 11.3. The number of carboxylic acids is 1. The van der Waals surface area contributed by atoms with Crippen LogP contribution in [0.3, 0.4) is 0 Å². The molecule has 0 unspecified atom stereocenters. The monoisotopic (exact) mass is 304 g/mol. The van der Waals surface area contributed by atoms with Crippen LogP contribution in [0.2, 0.25) is 0 Å². The first kappa shape index (κ1) is 14.3. The van der Waals surface area contributed by atoms with E-state index in [1.165, 1.54) is 0 Å². The zero-order valence-corrected chi connectivity index (χ0v) is 12.1. The van der Waals surface area contributed by atoms with Gasteiger partial charge in [0.15, 0.2) is 9.84 Å². The van der Waals surface area contributed by atoms with Crippen LogP contribution in [0.1, 0.15) is 38.5 Å². The third-order valence-electron chi connectivity index (χ3n) is 5.48. The van der Waals surface area contributed by atoms with Gasteiger partial charge in [-0.05, 0) is 38.5 Å². The van der Waals surface area contributed by atoms with Gasteiger partial charge in [-0.15, -0.1) is 0 Å². The first-order valence-electron chi connectivity index (χ1n) is 7.04. The van der Waals surface area contributed by atoms with Gasteiger partial charge in [0.25, 0.3) is 0 Å². The minimum atomic E-state index is -3.09. The van der Waals surface area contributed by atoms with Crippen molar-refractivity contribution in [3.63, 3.8) is 0 Å². The smallest absolute Gasteiger partial charge is 0.312 e. The van der Waals surface area contributed by atoms with E-state index >= 15 is 0 Å². The highest BCUT2D eigenvalue weighted by atomic mass is 32.2. The molecule has 2 atom stereocenters. The van der Waals surface area contributed by atoms with Crippen molar-refractivity contribution in [3.8, 4) is 0 Å². The van der Waals surface area contributed by atoms with E-state index in [4.69, 9.17) is 4.74 Å². The van der Waals surface area contributed by atoms with Crippen molar-refractivity contribution in [3.05, 3.63) is 0 Å². The Labute approximate surface area is 118 Å². The summed E-state index contributed by atoms with van der Waals surface area (Å²) < 4.78 is 29.4. The molecule has 1 saturated carbocycles. The van der Waals surface area contributed by atoms with Crippen molar-refractivity contribution in [1.29, 1.82) is 0 Å². The summed E-state index contributed by atoms with van der Waals surface area (Å²) in [6, 6.07) is 0. The molecule has 3 fully saturated rings. The van der Waals surface area contributed by atoms with E-state index in [0.717, 1.165) is 0 Å². The van der Waals surface area contributed by atoms with Crippen LogP contribution in [0, 0.1) is 5.41 Å². The van der Waals surface area contributed by atoms with Crippen LogP contribution in [0.5, 0.6) is 0 Å². The predicted molar refractivity (Wildman–Crippen MR) is 70.1 cm³/mol. The van der Waals surface area contributed by atoms with E-state index in [9.17, 15) is 23.4 Å². The molecule has 114 valence electrons. The van der Waals surface area contributed by atoms with E-state index in [0.29, 0.717) is 25.7 Å². The van der Waals surface area contributed by atoms with Gasteiger partial charge in [-0.3, -0.25) is 4.79 Å². The molecule has 3 aliphatic rings. The fourth-order valence-corrected chi connectivity index (χ4v) is 5.91. The van der Waals surface area contributed by atoms with Crippen LogP contribution in [-0.2, 0) is 19.4 Å². The number of rotatable bonds is 2. The molecule has 0 aromatic heterocycles. The number of aliphatic carboxylic acids is 1. The number of aliphatic hydroxyl groups excluding tert-OH is 1. The maximum absolute atomic E-state index is 11.9. The molecule has 20 heavy (non-hydrogen) atoms. The Hall–Kier alpha value is -0.660. The Morgan fingerprint density at radius 1 is 1.15 bits per heavy atom.